The average Bonchev–Trinajstić information content (AvgIpc) is 2.65. The normalized spacial score (nSPS) is 22.5. The summed E-state index contributed by atoms with van der Waals surface area (Å²) in [5.41, 5.74) is -0.807. The maximum atomic E-state index is 12.2. The van der Waals surface area contributed by atoms with E-state index in [1.54, 1.807) is 48.5 Å². The van der Waals surface area contributed by atoms with Crippen molar-refractivity contribution in [3.05, 3.63) is 58.6 Å². The fourth-order valence-electron chi connectivity index (χ4n) is 3.95. The quantitative estimate of drug-likeness (QED) is 0.637. The molecule has 2 N–H and O–H groups in total. The van der Waals surface area contributed by atoms with Gasteiger partial charge in [0.25, 0.3) is 11.8 Å². The lowest BCUT2D eigenvalue weighted by molar-refractivity contribution is -0.129. The number of hydrogen-bond donors (Lipinski definition) is 2. The zero-order valence-corrected chi connectivity index (χ0v) is 18.3. The topological polar surface area (TPSA) is 76.7 Å². The monoisotopic (exact) mass is 450 g/mol. The molecule has 0 aliphatic heterocycles. The Labute approximate surface area is 185 Å². The minimum absolute atomic E-state index is 0.0881. The first kappa shape index (κ1) is 22.2. The van der Waals surface area contributed by atoms with Crippen LogP contribution < -0.4 is 20.1 Å². The number of carbonyl (C=O) groups excluding carboxylic acids is 2. The van der Waals surface area contributed by atoms with Gasteiger partial charge in [0.15, 0.2) is 13.2 Å². The Balaban J connectivity index is 1.39. The third kappa shape index (κ3) is 6.28. The predicted octanol–water partition coefficient (Wildman–Crippen LogP) is 3.99. The fourth-order valence-corrected chi connectivity index (χ4v) is 4.20. The molecule has 1 aliphatic carbocycles. The Kier molecular flexibility index (Phi) is 6.78. The van der Waals surface area contributed by atoms with Gasteiger partial charge in [0.1, 0.15) is 11.5 Å². The first-order valence-electron chi connectivity index (χ1n) is 9.54. The van der Waals surface area contributed by atoms with Gasteiger partial charge in [0.2, 0.25) is 0 Å². The smallest absolute Gasteiger partial charge is 0.258 e. The zero-order chi connectivity index (χ0) is 21.8. The van der Waals surface area contributed by atoms with Crippen LogP contribution in [0.1, 0.15) is 26.7 Å². The molecule has 1 fully saturated rings. The van der Waals surface area contributed by atoms with Crippen LogP contribution in [0.5, 0.6) is 11.5 Å². The molecule has 1 saturated carbocycles. The van der Waals surface area contributed by atoms with Crippen LogP contribution in [0, 0.1) is 0 Å². The van der Waals surface area contributed by atoms with Crippen molar-refractivity contribution < 1.29 is 19.1 Å². The number of rotatable bonds is 8. The number of ether oxygens (including phenoxy) is 2. The number of nitrogens with one attached hydrogen (secondary N) is 2. The van der Waals surface area contributed by atoms with Crippen LogP contribution in [0.15, 0.2) is 48.5 Å². The molecule has 160 valence electrons. The van der Waals surface area contributed by atoms with Crippen LogP contribution in [0.2, 0.25) is 10.0 Å². The maximum absolute atomic E-state index is 12.2. The van der Waals surface area contributed by atoms with E-state index in [-0.39, 0.29) is 25.0 Å². The van der Waals surface area contributed by atoms with Crippen LogP contribution in [0.3, 0.4) is 0 Å². The number of hydrogen-bond acceptors (Lipinski definition) is 4. The molecule has 0 aromatic heterocycles. The van der Waals surface area contributed by atoms with E-state index < -0.39 is 11.1 Å². The van der Waals surface area contributed by atoms with Gasteiger partial charge in [-0.05, 0) is 75.2 Å². The van der Waals surface area contributed by atoms with Gasteiger partial charge >= 0.3 is 0 Å². The second-order valence-corrected chi connectivity index (χ2v) is 8.93. The molecule has 0 spiro atoms. The molecule has 2 aromatic rings. The van der Waals surface area contributed by atoms with Gasteiger partial charge < -0.3 is 20.1 Å². The van der Waals surface area contributed by atoms with Gasteiger partial charge in [-0.1, -0.05) is 23.2 Å². The van der Waals surface area contributed by atoms with Crippen LogP contribution >= 0.6 is 23.2 Å². The molecule has 0 unspecified atom stereocenters. The average molecular weight is 451 g/mol. The van der Waals surface area contributed by atoms with Crippen molar-refractivity contribution in [2.75, 3.05) is 13.2 Å². The summed E-state index contributed by atoms with van der Waals surface area (Å²) in [5.74, 6) is 0.719. The van der Waals surface area contributed by atoms with Gasteiger partial charge in [-0.2, -0.15) is 0 Å². The minimum atomic E-state index is -0.403. The van der Waals surface area contributed by atoms with E-state index in [0.29, 0.717) is 34.4 Å². The van der Waals surface area contributed by atoms with Gasteiger partial charge in [-0.25, -0.2) is 0 Å². The summed E-state index contributed by atoms with van der Waals surface area (Å²) in [6.07, 6.45) is 1.22. The third-order valence-electron chi connectivity index (χ3n) is 4.81. The van der Waals surface area contributed by atoms with Crippen molar-refractivity contribution in [3.63, 3.8) is 0 Å². The highest BCUT2D eigenvalue weighted by molar-refractivity contribution is 6.30. The van der Waals surface area contributed by atoms with Crippen LogP contribution in [0.4, 0.5) is 0 Å². The van der Waals surface area contributed by atoms with Crippen molar-refractivity contribution >= 4 is 35.0 Å². The molecule has 1 aliphatic rings. The second-order valence-electron chi connectivity index (χ2n) is 8.06. The molecule has 0 heterocycles. The number of halogens is 2. The molecule has 2 amide bonds. The Bertz CT molecular complexity index is 821. The molecule has 0 saturated heterocycles. The predicted molar refractivity (Wildman–Crippen MR) is 116 cm³/mol. The summed E-state index contributed by atoms with van der Waals surface area (Å²) in [4.78, 5) is 24.5. The summed E-state index contributed by atoms with van der Waals surface area (Å²) in [7, 11) is 0. The van der Waals surface area contributed by atoms with E-state index >= 15 is 0 Å². The molecular formula is C22H24Cl2N2O4. The number of amides is 2. The summed E-state index contributed by atoms with van der Waals surface area (Å²) in [6, 6.07) is 13.6. The number of carbonyl (C=O) groups is 2. The fraction of sp³-hybridized carbons (Fsp3) is 0.364. The van der Waals surface area contributed by atoms with Crippen molar-refractivity contribution in [1.82, 2.24) is 10.6 Å². The van der Waals surface area contributed by atoms with Crippen LogP contribution in [0.25, 0.3) is 0 Å². The van der Waals surface area contributed by atoms with E-state index in [0.717, 1.165) is 0 Å². The Morgan fingerprint density at radius 2 is 1.10 bits per heavy atom. The Morgan fingerprint density at radius 1 is 0.767 bits per heavy atom. The molecular weight excluding hydrogens is 427 g/mol. The molecule has 2 aromatic carbocycles. The van der Waals surface area contributed by atoms with Crippen molar-refractivity contribution in [1.29, 1.82) is 0 Å². The minimum Gasteiger partial charge on any atom is -0.484 e. The Hall–Kier alpha value is -2.44. The lowest BCUT2D eigenvalue weighted by Crippen LogP contribution is -2.69. The van der Waals surface area contributed by atoms with Crippen LogP contribution in [-0.4, -0.2) is 36.1 Å². The van der Waals surface area contributed by atoms with Crippen molar-refractivity contribution in [3.8, 4) is 11.5 Å². The van der Waals surface area contributed by atoms with E-state index in [2.05, 4.69) is 10.6 Å². The van der Waals surface area contributed by atoms with Crippen molar-refractivity contribution in [2.24, 2.45) is 0 Å². The molecule has 8 heteroatoms. The number of benzene rings is 2. The highest BCUT2D eigenvalue weighted by Gasteiger charge is 2.50. The first-order valence-corrected chi connectivity index (χ1v) is 10.3. The van der Waals surface area contributed by atoms with E-state index in [1.807, 2.05) is 13.8 Å². The van der Waals surface area contributed by atoms with Crippen molar-refractivity contribution in [2.45, 2.75) is 37.8 Å². The van der Waals surface area contributed by atoms with E-state index in [1.165, 1.54) is 0 Å². The summed E-state index contributed by atoms with van der Waals surface area (Å²) in [5, 5.41) is 7.17. The largest absolute Gasteiger partial charge is 0.484 e. The summed E-state index contributed by atoms with van der Waals surface area (Å²) >= 11 is 11.7. The lowest BCUT2D eigenvalue weighted by atomic mass is 9.64. The van der Waals surface area contributed by atoms with Gasteiger partial charge in [-0.3, -0.25) is 9.59 Å². The Morgan fingerprint density at radius 3 is 1.43 bits per heavy atom. The molecule has 0 bridgehead atoms. The van der Waals surface area contributed by atoms with Gasteiger partial charge in [0.05, 0.1) is 0 Å². The third-order valence-corrected chi connectivity index (χ3v) is 5.31. The maximum Gasteiger partial charge on any atom is 0.258 e. The standard InChI is InChI=1S/C22H24Cl2N2O4/c1-21(25-19(27)11-29-17-7-3-15(23)4-8-17)13-22(2,14-21)26-20(28)12-30-18-9-5-16(24)6-10-18/h3-10H,11-14H2,1-2H3,(H,25,27)(H,26,28). The SMILES string of the molecule is CC1(NC(=O)COc2ccc(Cl)cc2)CC(C)(NC(=O)COc2ccc(Cl)cc2)C1. The molecule has 6 nitrogen and oxygen atoms in total. The highest BCUT2D eigenvalue weighted by atomic mass is 35.5. The second kappa shape index (κ2) is 9.14. The van der Waals surface area contributed by atoms with E-state index in [4.69, 9.17) is 32.7 Å². The molecule has 0 radical (unpaired) electrons. The molecule has 3 rings (SSSR count). The summed E-state index contributed by atoms with van der Waals surface area (Å²) in [6.45, 7) is 3.72. The first-order chi connectivity index (χ1) is 14.1. The summed E-state index contributed by atoms with van der Waals surface area (Å²) < 4.78 is 10.9. The zero-order valence-electron chi connectivity index (χ0n) is 16.8. The molecule has 30 heavy (non-hydrogen) atoms. The van der Waals surface area contributed by atoms with E-state index in [9.17, 15) is 9.59 Å². The van der Waals surface area contributed by atoms with Crippen LogP contribution in [-0.2, 0) is 9.59 Å². The highest BCUT2D eigenvalue weighted by Crippen LogP contribution is 2.40. The van der Waals surface area contributed by atoms with Gasteiger partial charge in [0, 0.05) is 21.1 Å². The lowest BCUT2D eigenvalue weighted by Gasteiger charge is -2.53. The molecule has 0 atom stereocenters. The van der Waals surface area contributed by atoms with Gasteiger partial charge in [-0.15, -0.1) is 0 Å².